The van der Waals surface area contributed by atoms with Gasteiger partial charge in [0.05, 0.1) is 17.4 Å². The Morgan fingerprint density at radius 1 is 1.30 bits per heavy atom. The van der Waals surface area contributed by atoms with E-state index in [1.807, 2.05) is 18.2 Å². The molecule has 0 spiro atoms. The van der Waals surface area contributed by atoms with Crippen LogP contribution in [0.3, 0.4) is 0 Å². The summed E-state index contributed by atoms with van der Waals surface area (Å²) < 4.78 is 0. The maximum absolute atomic E-state index is 11.5. The summed E-state index contributed by atoms with van der Waals surface area (Å²) in [6.45, 7) is 0. The van der Waals surface area contributed by atoms with E-state index in [2.05, 4.69) is 20.3 Å². The number of H-pyrrole nitrogens is 1. The van der Waals surface area contributed by atoms with Gasteiger partial charge in [-0.05, 0) is 23.8 Å². The van der Waals surface area contributed by atoms with Gasteiger partial charge in [0, 0.05) is 18.8 Å². The summed E-state index contributed by atoms with van der Waals surface area (Å²) in [5.41, 5.74) is 3.29. The van der Waals surface area contributed by atoms with Gasteiger partial charge in [-0.3, -0.25) is 0 Å². The van der Waals surface area contributed by atoms with E-state index in [0.717, 1.165) is 16.6 Å². The van der Waals surface area contributed by atoms with Crippen LogP contribution in [0.15, 0.2) is 36.8 Å². The molecule has 0 aliphatic carbocycles. The highest BCUT2D eigenvalue weighted by atomic mass is 16.4. The van der Waals surface area contributed by atoms with Gasteiger partial charge < -0.3 is 15.4 Å². The number of aromatic nitrogens is 3. The highest BCUT2D eigenvalue weighted by Gasteiger charge is 2.17. The van der Waals surface area contributed by atoms with Gasteiger partial charge >= 0.3 is 5.97 Å². The standard InChI is InChI=1S/C14H12N4O2/c1-15-13-12(14(19)20)9(4-5-16-13)8-2-3-10-11(6-8)18-7-17-10/h2-7H,1H3,(H,15,16)(H,17,18)(H,19,20). The van der Waals surface area contributed by atoms with Crippen LogP contribution in [-0.2, 0) is 0 Å². The summed E-state index contributed by atoms with van der Waals surface area (Å²) in [6.07, 6.45) is 3.20. The molecule has 3 N–H and O–H groups in total. The summed E-state index contributed by atoms with van der Waals surface area (Å²) in [4.78, 5) is 22.7. The Morgan fingerprint density at radius 3 is 2.90 bits per heavy atom. The van der Waals surface area contributed by atoms with Crippen molar-refractivity contribution in [3.8, 4) is 11.1 Å². The molecule has 3 aromatic rings. The van der Waals surface area contributed by atoms with Gasteiger partial charge in [-0.25, -0.2) is 14.8 Å². The van der Waals surface area contributed by atoms with Gasteiger partial charge in [0.2, 0.25) is 0 Å². The van der Waals surface area contributed by atoms with Crippen LogP contribution < -0.4 is 5.32 Å². The Balaban J connectivity index is 2.24. The fraction of sp³-hybridized carbons (Fsp3) is 0.0714. The third-order valence-corrected chi connectivity index (χ3v) is 3.13. The van der Waals surface area contributed by atoms with Crippen LogP contribution in [0.1, 0.15) is 10.4 Å². The number of carboxylic acids is 1. The lowest BCUT2D eigenvalue weighted by atomic mass is 10.0. The number of fused-ring (bicyclic) bond motifs is 1. The summed E-state index contributed by atoms with van der Waals surface area (Å²) >= 11 is 0. The predicted octanol–water partition coefficient (Wildman–Crippen LogP) is 2.36. The van der Waals surface area contributed by atoms with Gasteiger partial charge in [0.25, 0.3) is 0 Å². The summed E-state index contributed by atoms with van der Waals surface area (Å²) in [6, 6.07) is 7.28. The molecule has 6 nitrogen and oxygen atoms in total. The number of hydrogen-bond donors (Lipinski definition) is 3. The fourth-order valence-electron chi connectivity index (χ4n) is 2.21. The van der Waals surface area contributed by atoms with Crippen molar-refractivity contribution in [1.29, 1.82) is 0 Å². The van der Waals surface area contributed by atoms with E-state index < -0.39 is 5.97 Å². The number of nitrogens with zero attached hydrogens (tertiary/aromatic N) is 2. The van der Waals surface area contributed by atoms with Crippen molar-refractivity contribution in [2.45, 2.75) is 0 Å². The Kier molecular flexibility index (Phi) is 2.83. The maximum atomic E-state index is 11.5. The van der Waals surface area contributed by atoms with Crippen molar-refractivity contribution in [2.75, 3.05) is 12.4 Å². The molecule has 0 unspecified atom stereocenters. The summed E-state index contributed by atoms with van der Waals surface area (Å²) in [5, 5.41) is 12.2. The molecule has 0 radical (unpaired) electrons. The van der Waals surface area contributed by atoms with Crippen LogP contribution in [0, 0.1) is 0 Å². The number of hydrogen-bond acceptors (Lipinski definition) is 4. The third-order valence-electron chi connectivity index (χ3n) is 3.13. The minimum absolute atomic E-state index is 0.161. The van der Waals surface area contributed by atoms with Crippen LogP contribution in [0.5, 0.6) is 0 Å². The molecule has 20 heavy (non-hydrogen) atoms. The summed E-state index contributed by atoms with van der Waals surface area (Å²) in [7, 11) is 1.65. The maximum Gasteiger partial charge on any atom is 0.340 e. The van der Waals surface area contributed by atoms with Gasteiger partial charge in [0.15, 0.2) is 0 Å². The Morgan fingerprint density at radius 2 is 2.15 bits per heavy atom. The normalized spacial score (nSPS) is 10.7. The second-order valence-electron chi connectivity index (χ2n) is 4.27. The lowest BCUT2D eigenvalue weighted by molar-refractivity contribution is 0.0698. The largest absolute Gasteiger partial charge is 0.478 e. The van der Waals surface area contributed by atoms with E-state index in [-0.39, 0.29) is 5.56 Å². The monoisotopic (exact) mass is 268 g/mol. The number of anilines is 1. The number of aromatic carboxylic acids is 1. The predicted molar refractivity (Wildman–Crippen MR) is 75.8 cm³/mol. The minimum atomic E-state index is -1.01. The van der Waals surface area contributed by atoms with Gasteiger partial charge in [-0.1, -0.05) is 6.07 Å². The molecule has 2 heterocycles. The average molecular weight is 268 g/mol. The number of nitrogens with one attached hydrogen (secondary N) is 2. The third kappa shape index (κ3) is 1.87. The van der Waals surface area contributed by atoms with E-state index in [1.54, 1.807) is 25.6 Å². The molecule has 0 atom stereocenters. The molecule has 0 saturated carbocycles. The van der Waals surface area contributed by atoms with Crippen LogP contribution in [0.4, 0.5) is 5.82 Å². The molecule has 0 saturated heterocycles. The van der Waals surface area contributed by atoms with Crippen molar-refractivity contribution in [2.24, 2.45) is 0 Å². The Labute approximate surface area is 114 Å². The number of carboxylic acid groups (broad SMARTS) is 1. The molecular formula is C14H12N4O2. The highest BCUT2D eigenvalue weighted by molar-refractivity contribution is 6.01. The van der Waals surface area contributed by atoms with E-state index >= 15 is 0 Å². The summed E-state index contributed by atoms with van der Waals surface area (Å²) in [5.74, 6) is -0.665. The quantitative estimate of drug-likeness (QED) is 0.678. The molecular weight excluding hydrogens is 256 g/mol. The molecule has 0 amide bonds. The van der Waals surface area contributed by atoms with Crippen molar-refractivity contribution in [3.63, 3.8) is 0 Å². The van der Waals surface area contributed by atoms with Crippen molar-refractivity contribution in [3.05, 3.63) is 42.4 Å². The number of aromatic amines is 1. The Bertz CT molecular complexity index is 795. The zero-order chi connectivity index (χ0) is 14.1. The number of carbonyl (C=O) groups is 1. The first-order valence-corrected chi connectivity index (χ1v) is 6.04. The molecule has 0 aliphatic heterocycles. The molecule has 6 heteroatoms. The van der Waals surface area contributed by atoms with Crippen molar-refractivity contribution >= 4 is 22.8 Å². The van der Waals surface area contributed by atoms with Crippen molar-refractivity contribution in [1.82, 2.24) is 15.0 Å². The van der Waals surface area contributed by atoms with Crippen molar-refractivity contribution < 1.29 is 9.90 Å². The van der Waals surface area contributed by atoms with Gasteiger partial charge in [-0.2, -0.15) is 0 Å². The van der Waals surface area contributed by atoms with Gasteiger partial charge in [-0.15, -0.1) is 0 Å². The first-order chi connectivity index (χ1) is 9.70. The van der Waals surface area contributed by atoms with E-state index in [4.69, 9.17) is 0 Å². The second-order valence-corrected chi connectivity index (χ2v) is 4.27. The minimum Gasteiger partial charge on any atom is -0.478 e. The van der Waals surface area contributed by atoms with Gasteiger partial charge in [0.1, 0.15) is 11.4 Å². The van der Waals surface area contributed by atoms with Crippen LogP contribution in [0.25, 0.3) is 22.2 Å². The van der Waals surface area contributed by atoms with Crippen LogP contribution >= 0.6 is 0 Å². The number of benzene rings is 1. The SMILES string of the molecule is CNc1nccc(-c2ccc3nc[nH]c3c2)c1C(=O)O. The highest BCUT2D eigenvalue weighted by Crippen LogP contribution is 2.29. The van der Waals surface area contributed by atoms with Crippen LogP contribution in [0.2, 0.25) is 0 Å². The fourth-order valence-corrected chi connectivity index (χ4v) is 2.21. The number of pyridine rings is 1. The lowest BCUT2D eigenvalue weighted by Crippen LogP contribution is -2.06. The smallest absolute Gasteiger partial charge is 0.340 e. The molecule has 0 fully saturated rings. The van der Waals surface area contributed by atoms with Crippen LogP contribution in [-0.4, -0.2) is 33.1 Å². The molecule has 0 bridgehead atoms. The second kappa shape index (κ2) is 4.65. The number of imidazole rings is 1. The van der Waals surface area contributed by atoms with E-state index in [9.17, 15) is 9.90 Å². The molecule has 3 rings (SSSR count). The zero-order valence-electron chi connectivity index (χ0n) is 10.7. The lowest BCUT2D eigenvalue weighted by Gasteiger charge is -2.10. The number of rotatable bonds is 3. The topological polar surface area (TPSA) is 90.9 Å². The molecule has 0 aliphatic rings. The average Bonchev–Trinajstić information content (AvgIpc) is 2.93. The van der Waals surface area contributed by atoms with E-state index in [1.165, 1.54) is 0 Å². The molecule has 100 valence electrons. The molecule has 1 aromatic carbocycles. The van der Waals surface area contributed by atoms with E-state index in [0.29, 0.717) is 11.4 Å². The Hall–Kier alpha value is -2.89. The first kappa shape index (κ1) is 12.2. The zero-order valence-corrected chi connectivity index (χ0v) is 10.7. The first-order valence-electron chi connectivity index (χ1n) is 6.04. The molecule has 2 aromatic heterocycles.